The van der Waals surface area contributed by atoms with Crippen molar-refractivity contribution in [2.75, 3.05) is 30.5 Å². The summed E-state index contributed by atoms with van der Waals surface area (Å²) in [6.07, 6.45) is -0.676. The van der Waals surface area contributed by atoms with Gasteiger partial charge in [0.2, 0.25) is 5.91 Å². The molecule has 0 aromatic heterocycles. The van der Waals surface area contributed by atoms with E-state index in [9.17, 15) is 19.5 Å². The average molecular weight is 660 g/mol. The van der Waals surface area contributed by atoms with Crippen molar-refractivity contribution in [3.8, 4) is 5.75 Å². The number of aliphatic hydroxyl groups is 1. The molecule has 1 heterocycles. The number of benzene rings is 4. The molecule has 1 aliphatic rings. The van der Waals surface area contributed by atoms with E-state index in [1.54, 1.807) is 69.3 Å². The van der Waals surface area contributed by atoms with Crippen LogP contribution in [-0.2, 0) is 16.1 Å². The lowest BCUT2D eigenvalue weighted by Crippen LogP contribution is -2.55. The molecule has 228 valence electrons. The molecule has 0 bridgehead atoms. The minimum absolute atomic E-state index is 0.0796. The number of hydrogen-bond donors (Lipinski definition) is 3. The van der Waals surface area contributed by atoms with Crippen LogP contribution >= 0.6 is 15.9 Å². The zero-order valence-corrected chi connectivity index (χ0v) is 26.6. The Hall–Kier alpha value is -4.25. The molecule has 0 spiro atoms. The van der Waals surface area contributed by atoms with Gasteiger partial charge in [0.1, 0.15) is 11.8 Å². The van der Waals surface area contributed by atoms with Gasteiger partial charge in [0.25, 0.3) is 11.8 Å². The number of halogens is 1. The number of carbonyl (C=O) groups is 3. The van der Waals surface area contributed by atoms with E-state index in [1.165, 1.54) is 4.90 Å². The molecule has 0 radical (unpaired) electrons. The zero-order valence-electron chi connectivity index (χ0n) is 25.0. The van der Waals surface area contributed by atoms with Gasteiger partial charge in [-0.25, -0.2) is 0 Å². The predicted molar refractivity (Wildman–Crippen MR) is 175 cm³/mol. The summed E-state index contributed by atoms with van der Waals surface area (Å²) in [6, 6.07) is 22.1. The Bertz CT molecular complexity index is 1710. The third-order valence-corrected chi connectivity index (χ3v) is 8.73. The van der Waals surface area contributed by atoms with Crippen molar-refractivity contribution in [3.63, 3.8) is 0 Å². The second-order valence-corrected chi connectivity index (χ2v) is 11.6. The van der Waals surface area contributed by atoms with Crippen molar-refractivity contribution in [2.45, 2.75) is 38.6 Å². The molecule has 0 fully saturated rings. The van der Waals surface area contributed by atoms with E-state index < -0.39 is 18.2 Å². The second-order valence-electron chi connectivity index (χ2n) is 10.8. The molecule has 5 rings (SSSR count). The van der Waals surface area contributed by atoms with E-state index in [0.717, 1.165) is 20.8 Å². The summed E-state index contributed by atoms with van der Waals surface area (Å²) < 4.78 is 6.67. The summed E-state index contributed by atoms with van der Waals surface area (Å²) in [4.78, 5) is 44.8. The Kier molecular flexibility index (Phi) is 9.33. The molecular weight excluding hydrogens is 624 g/mol. The van der Waals surface area contributed by atoms with Gasteiger partial charge < -0.3 is 30.3 Å². The first-order chi connectivity index (χ1) is 21.1. The number of carbonyl (C=O) groups excluding carboxylic acids is 3. The summed E-state index contributed by atoms with van der Waals surface area (Å²) in [6.45, 7) is 3.41. The van der Waals surface area contributed by atoms with E-state index >= 15 is 0 Å². The molecular formula is C34H35BrN4O5. The molecule has 3 atom stereocenters. The normalized spacial score (nSPS) is 16.2. The lowest BCUT2D eigenvalue weighted by Gasteiger charge is -2.27. The van der Waals surface area contributed by atoms with Gasteiger partial charge in [0.15, 0.2) is 0 Å². The van der Waals surface area contributed by atoms with E-state index in [1.807, 2.05) is 42.5 Å². The van der Waals surface area contributed by atoms with Crippen LogP contribution in [0.25, 0.3) is 10.8 Å². The number of ether oxygens (including phenoxy) is 1. The standard InChI is InChI=1S/C34H35BrN4O5/c1-20(36-3)32(41)37-28-19-39(33(42)23-14-12-22(13-15-23)21(2)40)30-11-6-5-10-29(30)38(34(28)43)18-26-24-8-7-9-27(35)25(24)16-17-31(26)44-4/h5-17,20-21,28,36,40H,18-19H2,1-4H3,(H,37,41). The number of methoxy groups -OCH3 is 1. The van der Waals surface area contributed by atoms with Gasteiger partial charge in [-0.1, -0.05) is 52.3 Å². The average Bonchev–Trinajstić information content (AvgIpc) is 3.15. The van der Waals surface area contributed by atoms with Gasteiger partial charge in [0, 0.05) is 15.6 Å². The monoisotopic (exact) mass is 658 g/mol. The Morgan fingerprint density at radius 3 is 2.34 bits per heavy atom. The zero-order chi connectivity index (χ0) is 31.5. The van der Waals surface area contributed by atoms with Crippen molar-refractivity contribution in [2.24, 2.45) is 0 Å². The summed E-state index contributed by atoms with van der Waals surface area (Å²) in [5, 5.41) is 17.6. The minimum atomic E-state index is -1.04. The molecule has 3 unspecified atom stereocenters. The van der Waals surface area contributed by atoms with Crippen LogP contribution < -0.4 is 25.2 Å². The summed E-state index contributed by atoms with van der Waals surface area (Å²) >= 11 is 3.64. The number of anilines is 2. The SMILES string of the molecule is CNC(C)C(=O)NC1CN(C(=O)c2ccc(C(C)O)cc2)c2ccccc2N(Cc2c(OC)ccc3c(Br)cccc23)C1=O. The molecule has 4 aromatic rings. The van der Waals surface area contributed by atoms with Crippen LogP contribution in [-0.4, -0.2) is 55.6 Å². The third-order valence-electron chi connectivity index (χ3n) is 8.03. The number of para-hydroxylation sites is 2. The smallest absolute Gasteiger partial charge is 0.258 e. The molecule has 3 amide bonds. The lowest BCUT2D eigenvalue weighted by atomic mass is 10.0. The molecule has 44 heavy (non-hydrogen) atoms. The Labute approximate surface area is 264 Å². The fraction of sp³-hybridized carbons (Fsp3) is 0.265. The largest absolute Gasteiger partial charge is 0.496 e. The highest BCUT2D eigenvalue weighted by Crippen LogP contribution is 2.38. The number of fused-ring (bicyclic) bond motifs is 2. The highest BCUT2D eigenvalue weighted by atomic mass is 79.9. The quantitative estimate of drug-likeness (QED) is 0.247. The first-order valence-corrected chi connectivity index (χ1v) is 15.2. The Morgan fingerprint density at radius 1 is 0.977 bits per heavy atom. The molecule has 0 saturated heterocycles. The van der Waals surface area contributed by atoms with Gasteiger partial charge in [0.05, 0.1) is 43.7 Å². The number of likely N-dealkylation sites (N-methyl/N-ethyl adjacent to an activating group) is 1. The van der Waals surface area contributed by atoms with Crippen LogP contribution in [0.5, 0.6) is 5.75 Å². The highest BCUT2D eigenvalue weighted by Gasteiger charge is 2.38. The van der Waals surface area contributed by atoms with Crippen molar-refractivity contribution < 1.29 is 24.2 Å². The fourth-order valence-corrected chi connectivity index (χ4v) is 5.91. The number of rotatable bonds is 8. The van der Waals surface area contributed by atoms with Crippen molar-refractivity contribution in [3.05, 3.63) is 100 Å². The third kappa shape index (κ3) is 6.06. The van der Waals surface area contributed by atoms with Crippen LogP contribution in [0.2, 0.25) is 0 Å². The molecule has 10 heteroatoms. The molecule has 0 aliphatic carbocycles. The number of hydrogen-bond acceptors (Lipinski definition) is 6. The van der Waals surface area contributed by atoms with Gasteiger partial charge >= 0.3 is 0 Å². The topological polar surface area (TPSA) is 111 Å². The number of nitrogens with one attached hydrogen (secondary N) is 2. The molecule has 4 aromatic carbocycles. The molecule has 9 nitrogen and oxygen atoms in total. The second kappa shape index (κ2) is 13.2. The lowest BCUT2D eigenvalue weighted by molar-refractivity contribution is -0.128. The maximum absolute atomic E-state index is 14.5. The summed E-state index contributed by atoms with van der Waals surface area (Å²) in [7, 11) is 3.26. The van der Waals surface area contributed by atoms with Crippen molar-refractivity contribution >= 4 is 55.8 Å². The maximum atomic E-state index is 14.5. The van der Waals surface area contributed by atoms with Crippen LogP contribution in [0.4, 0.5) is 11.4 Å². The van der Waals surface area contributed by atoms with Crippen molar-refractivity contribution in [1.29, 1.82) is 0 Å². The number of aliphatic hydroxyl groups excluding tert-OH is 1. The maximum Gasteiger partial charge on any atom is 0.258 e. The van der Waals surface area contributed by atoms with E-state index in [2.05, 4.69) is 26.6 Å². The van der Waals surface area contributed by atoms with Gasteiger partial charge in [-0.05, 0) is 79.7 Å². The summed E-state index contributed by atoms with van der Waals surface area (Å²) in [5.41, 5.74) is 2.92. The van der Waals surface area contributed by atoms with E-state index in [0.29, 0.717) is 28.3 Å². The van der Waals surface area contributed by atoms with Gasteiger partial charge in [-0.15, -0.1) is 0 Å². The van der Waals surface area contributed by atoms with Crippen LogP contribution in [0.1, 0.15) is 41.4 Å². The fourth-order valence-electron chi connectivity index (χ4n) is 5.41. The van der Waals surface area contributed by atoms with E-state index in [-0.39, 0.29) is 30.8 Å². The Balaban J connectivity index is 1.64. The van der Waals surface area contributed by atoms with Gasteiger partial charge in [-0.3, -0.25) is 14.4 Å². The van der Waals surface area contributed by atoms with Crippen LogP contribution in [0, 0.1) is 0 Å². The summed E-state index contributed by atoms with van der Waals surface area (Å²) in [5.74, 6) is -0.447. The van der Waals surface area contributed by atoms with Crippen LogP contribution in [0.3, 0.4) is 0 Å². The van der Waals surface area contributed by atoms with Crippen molar-refractivity contribution in [1.82, 2.24) is 10.6 Å². The number of amides is 3. The highest BCUT2D eigenvalue weighted by molar-refractivity contribution is 9.10. The predicted octanol–water partition coefficient (Wildman–Crippen LogP) is 4.95. The molecule has 3 N–H and O–H groups in total. The minimum Gasteiger partial charge on any atom is -0.496 e. The van der Waals surface area contributed by atoms with Crippen LogP contribution in [0.15, 0.2) is 83.3 Å². The molecule has 0 saturated carbocycles. The van der Waals surface area contributed by atoms with Gasteiger partial charge in [-0.2, -0.15) is 0 Å². The first-order valence-electron chi connectivity index (χ1n) is 14.4. The number of nitrogens with zero attached hydrogens (tertiary/aromatic N) is 2. The van der Waals surface area contributed by atoms with E-state index in [4.69, 9.17) is 4.74 Å². The first kappa shape index (κ1) is 31.2. The Morgan fingerprint density at radius 2 is 1.68 bits per heavy atom. The molecule has 1 aliphatic heterocycles.